The molecule has 1 aromatic carbocycles. The Morgan fingerprint density at radius 3 is 2.70 bits per heavy atom. The van der Waals surface area contributed by atoms with E-state index in [9.17, 15) is 0 Å². The molecular formula is C17H28N2O. The Kier molecular flexibility index (Phi) is 4.79. The minimum Gasteiger partial charge on any atom is -0.484 e. The zero-order valence-electron chi connectivity index (χ0n) is 13.1. The van der Waals surface area contributed by atoms with E-state index in [2.05, 4.69) is 25.7 Å². The Labute approximate surface area is 123 Å². The SMILES string of the molecule is CCCCCCCN1CC(C)(C)Oc2cccc(N)c21. The molecule has 0 aromatic heterocycles. The normalized spacial score (nSPS) is 16.6. The van der Waals surface area contributed by atoms with Crippen molar-refractivity contribution in [2.75, 3.05) is 23.7 Å². The van der Waals surface area contributed by atoms with Crippen LogP contribution in [0.25, 0.3) is 0 Å². The van der Waals surface area contributed by atoms with E-state index in [1.54, 1.807) is 0 Å². The smallest absolute Gasteiger partial charge is 0.145 e. The summed E-state index contributed by atoms with van der Waals surface area (Å²) in [5, 5.41) is 0. The number of nitrogen functional groups attached to an aromatic ring is 1. The Morgan fingerprint density at radius 2 is 1.95 bits per heavy atom. The number of rotatable bonds is 6. The van der Waals surface area contributed by atoms with Crippen molar-refractivity contribution in [3.05, 3.63) is 18.2 Å². The maximum atomic E-state index is 6.15. The lowest BCUT2D eigenvalue weighted by atomic mass is 10.0. The molecule has 20 heavy (non-hydrogen) atoms. The quantitative estimate of drug-likeness (QED) is 0.624. The number of nitrogens with zero attached hydrogens (tertiary/aromatic N) is 1. The number of anilines is 2. The van der Waals surface area contributed by atoms with E-state index < -0.39 is 0 Å². The third-order valence-electron chi connectivity index (χ3n) is 3.84. The molecule has 0 saturated heterocycles. The van der Waals surface area contributed by atoms with E-state index in [0.29, 0.717) is 0 Å². The lowest BCUT2D eigenvalue weighted by Crippen LogP contribution is -2.47. The molecule has 2 N–H and O–H groups in total. The summed E-state index contributed by atoms with van der Waals surface area (Å²) in [5.74, 6) is 0.926. The molecule has 2 rings (SSSR count). The predicted molar refractivity (Wildman–Crippen MR) is 86.5 cm³/mol. The number of benzene rings is 1. The molecule has 0 saturated carbocycles. The molecule has 0 amide bonds. The summed E-state index contributed by atoms with van der Waals surface area (Å²) in [5.41, 5.74) is 7.91. The minimum absolute atomic E-state index is 0.149. The van der Waals surface area contributed by atoms with Crippen molar-refractivity contribution in [3.63, 3.8) is 0 Å². The van der Waals surface area contributed by atoms with Crippen molar-refractivity contribution < 1.29 is 4.74 Å². The Balaban J connectivity index is 2.05. The Morgan fingerprint density at radius 1 is 1.20 bits per heavy atom. The van der Waals surface area contributed by atoms with Crippen molar-refractivity contribution in [2.45, 2.75) is 58.5 Å². The monoisotopic (exact) mass is 276 g/mol. The van der Waals surface area contributed by atoms with E-state index in [4.69, 9.17) is 10.5 Å². The molecule has 1 aliphatic rings. The predicted octanol–water partition coefficient (Wildman–Crippen LogP) is 4.22. The number of unbranched alkanes of at least 4 members (excludes halogenated alkanes) is 4. The van der Waals surface area contributed by atoms with Crippen molar-refractivity contribution in [1.82, 2.24) is 0 Å². The second-order valence-electron chi connectivity index (χ2n) is 6.39. The molecule has 3 nitrogen and oxygen atoms in total. The highest BCUT2D eigenvalue weighted by Crippen LogP contribution is 2.40. The summed E-state index contributed by atoms with van der Waals surface area (Å²) in [4.78, 5) is 2.40. The van der Waals surface area contributed by atoms with E-state index in [1.165, 1.54) is 32.1 Å². The molecule has 0 unspecified atom stereocenters. The second kappa shape index (κ2) is 6.38. The van der Waals surface area contributed by atoms with Crippen LogP contribution in [0.3, 0.4) is 0 Å². The van der Waals surface area contributed by atoms with Gasteiger partial charge in [0.1, 0.15) is 17.0 Å². The van der Waals surface area contributed by atoms with Gasteiger partial charge in [-0.15, -0.1) is 0 Å². The first-order chi connectivity index (χ1) is 9.53. The summed E-state index contributed by atoms with van der Waals surface area (Å²) >= 11 is 0. The van der Waals surface area contributed by atoms with E-state index in [1.807, 2.05) is 18.2 Å². The van der Waals surface area contributed by atoms with Gasteiger partial charge >= 0.3 is 0 Å². The van der Waals surface area contributed by atoms with E-state index >= 15 is 0 Å². The average molecular weight is 276 g/mol. The van der Waals surface area contributed by atoms with Crippen molar-refractivity contribution >= 4 is 11.4 Å². The van der Waals surface area contributed by atoms with Gasteiger partial charge in [0, 0.05) is 6.54 Å². The van der Waals surface area contributed by atoms with Crippen LogP contribution in [0.2, 0.25) is 0 Å². The molecular weight excluding hydrogens is 248 g/mol. The highest BCUT2D eigenvalue weighted by molar-refractivity contribution is 5.76. The van der Waals surface area contributed by atoms with Crippen LogP contribution in [-0.2, 0) is 0 Å². The average Bonchev–Trinajstić information content (AvgIpc) is 2.36. The fourth-order valence-corrected chi connectivity index (χ4v) is 2.93. The number of hydrogen-bond donors (Lipinski definition) is 1. The largest absolute Gasteiger partial charge is 0.484 e. The van der Waals surface area contributed by atoms with Gasteiger partial charge in [-0.1, -0.05) is 38.7 Å². The molecule has 1 heterocycles. The van der Waals surface area contributed by atoms with Crippen LogP contribution in [0.1, 0.15) is 52.9 Å². The number of hydrogen-bond acceptors (Lipinski definition) is 3. The van der Waals surface area contributed by atoms with Gasteiger partial charge in [-0.05, 0) is 32.4 Å². The maximum absolute atomic E-state index is 6.15. The number of fused-ring (bicyclic) bond motifs is 1. The summed E-state index contributed by atoms with van der Waals surface area (Å²) in [6, 6.07) is 5.95. The first-order valence-corrected chi connectivity index (χ1v) is 7.86. The highest BCUT2D eigenvalue weighted by Gasteiger charge is 2.32. The molecule has 0 radical (unpaired) electrons. The molecule has 3 heteroatoms. The molecule has 0 aliphatic carbocycles. The van der Waals surface area contributed by atoms with Crippen molar-refractivity contribution in [1.29, 1.82) is 0 Å². The lowest BCUT2D eigenvalue weighted by Gasteiger charge is -2.41. The number of nitrogens with two attached hydrogens (primary N) is 1. The zero-order chi connectivity index (χ0) is 14.6. The van der Waals surface area contributed by atoms with Crippen LogP contribution in [0.15, 0.2) is 18.2 Å². The Bertz CT molecular complexity index is 443. The topological polar surface area (TPSA) is 38.5 Å². The third kappa shape index (κ3) is 3.59. The zero-order valence-corrected chi connectivity index (χ0v) is 13.1. The van der Waals surface area contributed by atoms with Crippen molar-refractivity contribution in [3.8, 4) is 5.75 Å². The van der Waals surface area contributed by atoms with Gasteiger partial charge < -0.3 is 15.4 Å². The number of ether oxygens (including phenoxy) is 1. The standard InChI is InChI=1S/C17H28N2O/c1-4-5-6-7-8-12-19-13-17(2,3)20-15-11-9-10-14(18)16(15)19/h9-11H,4-8,12-13,18H2,1-3H3. The molecule has 1 aromatic rings. The van der Waals surface area contributed by atoms with Crippen LogP contribution in [0.4, 0.5) is 11.4 Å². The maximum Gasteiger partial charge on any atom is 0.145 e. The first-order valence-electron chi connectivity index (χ1n) is 7.86. The van der Waals surface area contributed by atoms with Crippen LogP contribution in [0, 0.1) is 0 Å². The van der Waals surface area contributed by atoms with Crippen LogP contribution >= 0.6 is 0 Å². The lowest BCUT2D eigenvalue weighted by molar-refractivity contribution is 0.105. The molecule has 0 fully saturated rings. The van der Waals surface area contributed by atoms with Gasteiger partial charge in [-0.2, -0.15) is 0 Å². The molecule has 0 bridgehead atoms. The van der Waals surface area contributed by atoms with Crippen LogP contribution < -0.4 is 15.4 Å². The summed E-state index contributed by atoms with van der Waals surface area (Å²) in [6.45, 7) is 8.51. The summed E-state index contributed by atoms with van der Waals surface area (Å²) in [6.07, 6.45) is 6.49. The van der Waals surface area contributed by atoms with Crippen molar-refractivity contribution in [2.24, 2.45) is 0 Å². The Hall–Kier alpha value is -1.38. The fourth-order valence-electron chi connectivity index (χ4n) is 2.93. The first kappa shape index (κ1) is 15.0. The van der Waals surface area contributed by atoms with Crippen LogP contribution in [0.5, 0.6) is 5.75 Å². The van der Waals surface area contributed by atoms with Gasteiger partial charge in [-0.3, -0.25) is 0 Å². The molecule has 0 atom stereocenters. The van der Waals surface area contributed by atoms with Gasteiger partial charge in [0.15, 0.2) is 0 Å². The fraction of sp³-hybridized carbons (Fsp3) is 0.647. The van der Waals surface area contributed by atoms with Crippen LogP contribution in [-0.4, -0.2) is 18.7 Å². The molecule has 0 spiro atoms. The third-order valence-corrected chi connectivity index (χ3v) is 3.84. The summed E-state index contributed by atoms with van der Waals surface area (Å²) in [7, 11) is 0. The van der Waals surface area contributed by atoms with Gasteiger partial charge in [0.05, 0.1) is 12.2 Å². The summed E-state index contributed by atoms with van der Waals surface area (Å²) < 4.78 is 6.05. The minimum atomic E-state index is -0.149. The highest BCUT2D eigenvalue weighted by atomic mass is 16.5. The second-order valence-corrected chi connectivity index (χ2v) is 6.39. The van der Waals surface area contributed by atoms with E-state index in [0.717, 1.165) is 30.2 Å². The molecule has 112 valence electrons. The number of para-hydroxylation sites is 1. The van der Waals surface area contributed by atoms with Gasteiger partial charge in [0.25, 0.3) is 0 Å². The van der Waals surface area contributed by atoms with Gasteiger partial charge in [-0.25, -0.2) is 0 Å². The van der Waals surface area contributed by atoms with E-state index in [-0.39, 0.29) is 5.60 Å². The molecule has 1 aliphatic heterocycles. The van der Waals surface area contributed by atoms with Gasteiger partial charge in [0.2, 0.25) is 0 Å².